The monoisotopic (exact) mass is 261 g/mol. The van der Waals surface area contributed by atoms with Crippen molar-refractivity contribution in [2.75, 3.05) is 26.3 Å². The number of alkyl halides is 3. The normalized spacial score (nSPS) is 16.2. The molecule has 0 amide bonds. The third kappa shape index (κ3) is 4.10. The van der Waals surface area contributed by atoms with Crippen molar-refractivity contribution in [3.63, 3.8) is 0 Å². The fraction of sp³-hybridized carbons (Fsp3) is 0.500. The maximum atomic E-state index is 11.9. The number of benzene rings is 1. The summed E-state index contributed by atoms with van der Waals surface area (Å²) in [5.74, 6) is 1.34. The SMILES string of the molecule is FC(F)(F)COc1ccc(OCC2CNC2)cc1. The standard InChI is InChI=1S/C12H14F3NO2/c13-12(14,15)8-18-11-3-1-10(2-4-11)17-7-9-5-16-6-9/h1-4,9,16H,5-8H2. The number of nitrogens with one attached hydrogen (secondary N) is 1. The molecule has 3 nitrogen and oxygen atoms in total. The van der Waals surface area contributed by atoms with E-state index in [0.29, 0.717) is 18.3 Å². The number of halogens is 3. The summed E-state index contributed by atoms with van der Waals surface area (Å²) in [5, 5.41) is 3.13. The third-order valence-corrected chi connectivity index (χ3v) is 2.58. The van der Waals surface area contributed by atoms with Crippen molar-refractivity contribution in [3.8, 4) is 11.5 Å². The molecule has 1 saturated heterocycles. The first-order valence-corrected chi connectivity index (χ1v) is 5.66. The molecule has 2 rings (SSSR count). The molecule has 0 aromatic heterocycles. The summed E-state index contributed by atoms with van der Waals surface area (Å²) in [4.78, 5) is 0. The Bertz CT molecular complexity index is 374. The predicted molar refractivity (Wildman–Crippen MR) is 59.8 cm³/mol. The van der Waals surface area contributed by atoms with Crippen LogP contribution in [0.15, 0.2) is 24.3 Å². The number of ether oxygens (including phenoxy) is 2. The summed E-state index contributed by atoms with van der Waals surface area (Å²) in [6.07, 6.45) is -4.31. The van der Waals surface area contributed by atoms with Gasteiger partial charge in [-0.2, -0.15) is 13.2 Å². The molecule has 1 aliphatic heterocycles. The Morgan fingerprint density at radius 3 is 2.06 bits per heavy atom. The highest BCUT2D eigenvalue weighted by Crippen LogP contribution is 2.21. The summed E-state index contributed by atoms with van der Waals surface area (Å²) >= 11 is 0. The van der Waals surface area contributed by atoms with Gasteiger partial charge in [0.15, 0.2) is 6.61 Å². The Balaban J connectivity index is 1.77. The average Bonchev–Trinajstić information content (AvgIpc) is 2.25. The summed E-state index contributed by atoms with van der Waals surface area (Å²) in [6, 6.07) is 6.16. The molecular formula is C12H14F3NO2. The highest BCUT2D eigenvalue weighted by atomic mass is 19.4. The van der Waals surface area contributed by atoms with Gasteiger partial charge in [0.25, 0.3) is 0 Å². The van der Waals surface area contributed by atoms with Gasteiger partial charge in [0.05, 0.1) is 6.61 Å². The zero-order chi connectivity index (χ0) is 13.0. The van der Waals surface area contributed by atoms with Gasteiger partial charge in [-0.15, -0.1) is 0 Å². The Hall–Kier alpha value is -1.43. The molecule has 0 saturated carbocycles. The number of hydrogen-bond donors (Lipinski definition) is 1. The molecule has 0 spiro atoms. The molecule has 1 aromatic rings. The van der Waals surface area contributed by atoms with Gasteiger partial charge in [-0.25, -0.2) is 0 Å². The van der Waals surface area contributed by atoms with Gasteiger partial charge in [0.2, 0.25) is 0 Å². The zero-order valence-electron chi connectivity index (χ0n) is 9.67. The largest absolute Gasteiger partial charge is 0.493 e. The highest BCUT2D eigenvalue weighted by Gasteiger charge is 2.28. The van der Waals surface area contributed by atoms with Crippen molar-refractivity contribution in [2.24, 2.45) is 5.92 Å². The van der Waals surface area contributed by atoms with Crippen molar-refractivity contribution < 1.29 is 22.6 Å². The molecular weight excluding hydrogens is 247 g/mol. The van der Waals surface area contributed by atoms with Crippen molar-refractivity contribution in [3.05, 3.63) is 24.3 Å². The molecule has 0 radical (unpaired) electrons. The van der Waals surface area contributed by atoms with Crippen LogP contribution in [0.2, 0.25) is 0 Å². The first-order valence-electron chi connectivity index (χ1n) is 5.66. The fourth-order valence-electron chi connectivity index (χ4n) is 1.48. The van der Waals surface area contributed by atoms with Gasteiger partial charge in [0, 0.05) is 19.0 Å². The van der Waals surface area contributed by atoms with Gasteiger partial charge in [-0.1, -0.05) is 0 Å². The molecule has 1 aromatic carbocycles. The smallest absolute Gasteiger partial charge is 0.422 e. The number of rotatable bonds is 5. The first-order chi connectivity index (χ1) is 8.53. The maximum Gasteiger partial charge on any atom is 0.422 e. The Morgan fingerprint density at radius 2 is 1.61 bits per heavy atom. The second-order valence-corrected chi connectivity index (χ2v) is 4.21. The van der Waals surface area contributed by atoms with E-state index in [1.54, 1.807) is 12.1 Å². The van der Waals surface area contributed by atoms with Gasteiger partial charge in [-0.3, -0.25) is 0 Å². The highest BCUT2D eigenvalue weighted by molar-refractivity contribution is 5.31. The Labute approximate surface area is 103 Å². The van der Waals surface area contributed by atoms with Gasteiger partial charge in [0.1, 0.15) is 11.5 Å². The van der Waals surface area contributed by atoms with E-state index < -0.39 is 12.8 Å². The number of hydrogen-bond acceptors (Lipinski definition) is 3. The van der Waals surface area contributed by atoms with E-state index >= 15 is 0 Å². The minimum atomic E-state index is -4.31. The molecule has 18 heavy (non-hydrogen) atoms. The first kappa shape index (κ1) is 13.0. The molecule has 0 atom stereocenters. The Kier molecular flexibility index (Phi) is 3.96. The quantitative estimate of drug-likeness (QED) is 0.881. The van der Waals surface area contributed by atoms with Crippen molar-refractivity contribution in [1.29, 1.82) is 0 Å². The Morgan fingerprint density at radius 1 is 1.06 bits per heavy atom. The van der Waals surface area contributed by atoms with Crippen LogP contribution in [0.3, 0.4) is 0 Å². The predicted octanol–water partition coefficient (Wildman–Crippen LogP) is 2.23. The topological polar surface area (TPSA) is 30.5 Å². The average molecular weight is 261 g/mol. The van der Waals surface area contributed by atoms with E-state index in [0.717, 1.165) is 13.1 Å². The lowest BCUT2D eigenvalue weighted by atomic mass is 10.1. The van der Waals surface area contributed by atoms with Crippen molar-refractivity contribution in [1.82, 2.24) is 5.32 Å². The second kappa shape index (κ2) is 5.48. The molecule has 1 fully saturated rings. The van der Waals surface area contributed by atoms with E-state index in [1.165, 1.54) is 12.1 Å². The summed E-state index contributed by atoms with van der Waals surface area (Å²) in [5.41, 5.74) is 0. The zero-order valence-corrected chi connectivity index (χ0v) is 9.67. The minimum Gasteiger partial charge on any atom is -0.493 e. The van der Waals surface area contributed by atoms with E-state index in [4.69, 9.17) is 4.74 Å². The van der Waals surface area contributed by atoms with E-state index in [1.807, 2.05) is 0 Å². The lowest BCUT2D eigenvalue weighted by molar-refractivity contribution is -0.153. The van der Waals surface area contributed by atoms with Gasteiger partial charge < -0.3 is 14.8 Å². The molecule has 1 N–H and O–H groups in total. The lowest BCUT2D eigenvalue weighted by Gasteiger charge is -2.26. The van der Waals surface area contributed by atoms with Crippen LogP contribution in [-0.4, -0.2) is 32.5 Å². The molecule has 1 aliphatic rings. The molecule has 0 unspecified atom stereocenters. The summed E-state index contributed by atoms with van der Waals surface area (Å²) < 4.78 is 45.8. The minimum absolute atomic E-state index is 0.185. The van der Waals surface area contributed by atoms with Crippen LogP contribution < -0.4 is 14.8 Å². The van der Waals surface area contributed by atoms with Crippen LogP contribution in [0.4, 0.5) is 13.2 Å². The summed E-state index contributed by atoms with van der Waals surface area (Å²) in [6.45, 7) is 1.25. The van der Waals surface area contributed by atoms with Crippen LogP contribution in [0, 0.1) is 5.92 Å². The van der Waals surface area contributed by atoms with E-state index in [2.05, 4.69) is 10.1 Å². The van der Waals surface area contributed by atoms with Crippen LogP contribution in [-0.2, 0) is 0 Å². The van der Waals surface area contributed by atoms with Crippen LogP contribution in [0.25, 0.3) is 0 Å². The molecule has 6 heteroatoms. The van der Waals surface area contributed by atoms with Gasteiger partial charge >= 0.3 is 6.18 Å². The molecule has 0 aliphatic carbocycles. The van der Waals surface area contributed by atoms with Crippen LogP contribution in [0.5, 0.6) is 11.5 Å². The van der Waals surface area contributed by atoms with E-state index in [9.17, 15) is 13.2 Å². The molecule has 1 heterocycles. The molecule has 100 valence electrons. The third-order valence-electron chi connectivity index (χ3n) is 2.58. The van der Waals surface area contributed by atoms with E-state index in [-0.39, 0.29) is 5.75 Å². The van der Waals surface area contributed by atoms with Crippen LogP contribution >= 0.6 is 0 Å². The molecule has 0 bridgehead atoms. The lowest BCUT2D eigenvalue weighted by Crippen LogP contribution is -2.45. The summed E-state index contributed by atoms with van der Waals surface area (Å²) in [7, 11) is 0. The van der Waals surface area contributed by atoms with Gasteiger partial charge in [-0.05, 0) is 24.3 Å². The van der Waals surface area contributed by atoms with Crippen molar-refractivity contribution in [2.45, 2.75) is 6.18 Å². The maximum absolute atomic E-state index is 11.9. The van der Waals surface area contributed by atoms with Crippen LogP contribution in [0.1, 0.15) is 0 Å². The van der Waals surface area contributed by atoms with Crippen molar-refractivity contribution >= 4 is 0 Å². The second-order valence-electron chi connectivity index (χ2n) is 4.21. The fourth-order valence-corrected chi connectivity index (χ4v) is 1.48.